The topological polar surface area (TPSA) is 71.4 Å². The highest BCUT2D eigenvalue weighted by Gasteiger charge is 2.17. The fourth-order valence-corrected chi connectivity index (χ4v) is 2.54. The maximum Gasteiger partial charge on any atom is 0.306 e. The summed E-state index contributed by atoms with van der Waals surface area (Å²) in [5.41, 5.74) is 0.749. The summed E-state index contributed by atoms with van der Waals surface area (Å²) < 4.78 is 22.8. The Labute approximate surface area is 108 Å². The lowest BCUT2D eigenvalue weighted by Gasteiger charge is -2.11. The molecule has 0 spiro atoms. The van der Waals surface area contributed by atoms with E-state index in [2.05, 4.69) is 0 Å². The third kappa shape index (κ3) is 4.14. The number of hydrogen-bond donors (Lipinski definition) is 1. The Bertz CT molecular complexity index is 520. The minimum atomic E-state index is -3.24. The second-order valence-corrected chi connectivity index (χ2v) is 6.46. The fourth-order valence-electron chi connectivity index (χ4n) is 1.85. The van der Waals surface area contributed by atoms with Crippen LogP contribution in [0.3, 0.4) is 0 Å². The summed E-state index contributed by atoms with van der Waals surface area (Å²) in [5.74, 6) is -1.29. The number of hydrogen-bond acceptors (Lipinski definition) is 3. The van der Waals surface area contributed by atoms with Crippen molar-refractivity contribution in [2.45, 2.75) is 31.1 Å². The van der Waals surface area contributed by atoms with Crippen LogP contribution in [0.4, 0.5) is 0 Å². The minimum absolute atomic E-state index is 0.237. The third-order valence-electron chi connectivity index (χ3n) is 2.80. The van der Waals surface area contributed by atoms with E-state index in [1.165, 1.54) is 6.07 Å². The van der Waals surface area contributed by atoms with Crippen molar-refractivity contribution < 1.29 is 18.3 Å². The van der Waals surface area contributed by atoms with Gasteiger partial charge in [-0.1, -0.05) is 25.5 Å². The van der Waals surface area contributed by atoms with Crippen molar-refractivity contribution in [3.05, 3.63) is 29.8 Å². The lowest BCUT2D eigenvalue weighted by Crippen LogP contribution is -2.16. The van der Waals surface area contributed by atoms with Crippen molar-refractivity contribution in [3.8, 4) is 0 Å². The first-order chi connectivity index (χ1) is 8.34. The van der Waals surface area contributed by atoms with Crippen LogP contribution < -0.4 is 0 Å². The van der Waals surface area contributed by atoms with E-state index in [9.17, 15) is 13.2 Å². The zero-order valence-corrected chi connectivity index (χ0v) is 11.4. The van der Waals surface area contributed by atoms with Crippen LogP contribution in [0.15, 0.2) is 29.2 Å². The molecule has 5 heteroatoms. The van der Waals surface area contributed by atoms with E-state index in [0.29, 0.717) is 12.8 Å². The standard InChI is InChI=1S/C13H18O4S/c1-3-5-11(13(14)15)8-10-6-4-7-12(9-10)18(2,16)17/h4,6-7,9,11H,3,5,8H2,1-2H3,(H,14,15). The predicted molar refractivity (Wildman–Crippen MR) is 69.3 cm³/mol. The molecule has 0 saturated carbocycles. The normalized spacial score (nSPS) is 13.2. The maximum atomic E-state index is 11.4. The van der Waals surface area contributed by atoms with Crippen molar-refractivity contribution in [1.29, 1.82) is 0 Å². The first-order valence-electron chi connectivity index (χ1n) is 5.86. The minimum Gasteiger partial charge on any atom is -0.481 e. The molecule has 100 valence electrons. The van der Waals surface area contributed by atoms with Crippen LogP contribution in [-0.2, 0) is 21.1 Å². The molecule has 1 rings (SSSR count). The van der Waals surface area contributed by atoms with Gasteiger partial charge in [-0.05, 0) is 30.5 Å². The average Bonchev–Trinajstić information content (AvgIpc) is 2.27. The first kappa shape index (κ1) is 14.7. The van der Waals surface area contributed by atoms with E-state index in [1.54, 1.807) is 18.2 Å². The van der Waals surface area contributed by atoms with Crippen LogP contribution in [0, 0.1) is 5.92 Å². The largest absolute Gasteiger partial charge is 0.481 e. The van der Waals surface area contributed by atoms with Gasteiger partial charge < -0.3 is 5.11 Å². The molecule has 18 heavy (non-hydrogen) atoms. The van der Waals surface area contributed by atoms with Gasteiger partial charge in [-0.15, -0.1) is 0 Å². The van der Waals surface area contributed by atoms with E-state index in [0.717, 1.165) is 18.2 Å². The van der Waals surface area contributed by atoms with E-state index < -0.39 is 21.7 Å². The summed E-state index contributed by atoms with van der Waals surface area (Å²) >= 11 is 0. The quantitative estimate of drug-likeness (QED) is 0.859. The Kier molecular flexibility index (Phi) is 4.90. The molecule has 0 aliphatic carbocycles. The summed E-state index contributed by atoms with van der Waals surface area (Å²) in [6.07, 6.45) is 2.90. The monoisotopic (exact) mass is 270 g/mol. The molecule has 0 fully saturated rings. The molecule has 1 aromatic carbocycles. The molecule has 0 saturated heterocycles. The van der Waals surface area contributed by atoms with Crippen LogP contribution in [0.25, 0.3) is 0 Å². The van der Waals surface area contributed by atoms with E-state index >= 15 is 0 Å². The van der Waals surface area contributed by atoms with Crippen molar-refractivity contribution in [2.75, 3.05) is 6.26 Å². The van der Waals surface area contributed by atoms with Crippen molar-refractivity contribution in [2.24, 2.45) is 5.92 Å². The maximum absolute atomic E-state index is 11.4. The molecule has 0 amide bonds. The predicted octanol–water partition coefficient (Wildman–Crippen LogP) is 2.13. The molecule has 0 bridgehead atoms. The van der Waals surface area contributed by atoms with Gasteiger partial charge in [0.25, 0.3) is 0 Å². The number of carboxylic acids is 1. The van der Waals surface area contributed by atoms with Gasteiger partial charge in [-0.25, -0.2) is 8.42 Å². The Morgan fingerprint density at radius 3 is 2.56 bits per heavy atom. The molecule has 0 aliphatic heterocycles. The molecule has 0 aliphatic rings. The Morgan fingerprint density at radius 2 is 2.06 bits per heavy atom. The number of sulfone groups is 1. The SMILES string of the molecule is CCCC(Cc1cccc(S(C)(=O)=O)c1)C(=O)O. The zero-order chi connectivity index (χ0) is 13.8. The highest BCUT2D eigenvalue weighted by atomic mass is 32.2. The third-order valence-corrected chi connectivity index (χ3v) is 3.91. The number of benzene rings is 1. The van der Waals surface area contributed by atoms with Crippen molar-refractivity contribution in [3.63, 3.8) is 0 Å². The highest BCUT2D eigenvalue weighted by Crippen LogP contribution is 2.17. The van der Waals surface area contributed by atoms with Gasteiger partial charge in [0.2, 0.25) is 0 Å². The summed E-state index contributed by atoms with van der Waals surface area (Å²) in [4.78, 5) is 11.3. The molecule has 0 heterocycles. The molecule has 1 aromatic rings. The second-order valence-electron chi connectivity index (χ2n) is 4.45. The van der Waals surface area contributed by atoms with Crippen LogP contribution >= 0.6 is 0 Å². The number of carboxylic acid groups (broad SMARTS) is 1. The zero-order valence-electron chi connectivity index (χ0n) is 10.6. The van der Waals surface area contributed by atoms with Gasteiger partial charge in [-0.3, -0.25) is 4.79 Å². The van der Waals surface area contributed by atoms with Gasteiger partial charge in [-0.2, -0.15) is 0 Å². The average molecular weight is 270 g/mol. The Balaban J connectivity index is 2.94. The molecular weight excluding hydrogens is 252 g/mol. The van der Waals surface area contributed by atoms with E-state index in [1.807, 2.05) is 6.92 Å². The van der Waals surface area contributed by atoms with Crippen molar-refractivity contribution in [1.82, 2.24) is 0 Å². The first-order valence-corrected chi connectivity index (χ1v) is 7.75. The molecular formula is C13H18O4S. The molecule has 4 nitrogen and oxygen atoms in total. The van der Waals surface area contributed by atoms with Crippen LogP contribution in [-0.4, -0.2) is 25.7 Å². The molecule has 1 atom stereocenters. The smallest absolute Gasteiger partial charge is 0.306 e. The van der Waals surface area contributed by atoms with Gasteiger partial charge in [0.15, 0.2) is 9.84 Å². The lowest BCUT2D eigenvalue weighted by atomic mass is 9.95. The van der Waals surface area contributed by atoms with Crippen LogP contribution in [0.1, 0.15) is 25.3 Å². The summed E-state index contributed by atoms with van der Waals surface area (Å²) in [5, 5.41) is 9.08. The van der Waals surface area contributed by atoms with E-state index in [-0.39, 0.29) is 4.90 Å². The Morgan fingerprint density at radius 1 is 1.39 bits per heavy atom. The highest BCUT2D eigenvalue weighted by molar-refractivity contribution is 7.90. The summed E-state index contributed by atoms with van der Waals surface area (Å²) in [7, 11) is -3.24. The van der Waals surface area contributed by atoms with Gasteiger partial charge in [0.05, 0.1) is 10.8 Å². The molecule has 0 aromatic heterocycles. The fraction of sp³-hybridized carbons (Fsp3) is 0.462. The number of aliphatic carboxylic acids is 1. The second kappa shape index (κ2) is 6.00. The molecule has 1 unspecified atom stereocenters. The van der Waals surface area contributed by atoms with Gasteiger partial charge >= 0.3 is 5.97 Å². The molecule has 1 N–H and O–H groups in total. The van der Waals surface area contributed by atoms with Gasteiger partial charge in [0.1, 0.15) is 0 Å². The summed E-state index contributed by atoms with van der Waals surface area (Å²) in [6, 6.07) is 6.49. The number of carbonyl (C=O) groups is 1. The summed E-state index contributed by atoms with van der Waals surface area (Å²) in [6.45, 7) is 1.93. The van der Waals surface area contributed by atoms with Crippen molar-refractivity contribution >= 4 is 15.8 Å². The number of rotatable bonds is 6. The van der Waals surface area contributed by atoms with E-state index in [4.69, 9.17) is 5.11 Å². The van der Waals surface area contributed by atoms with Gasteiger partial charge in [0, 0.05) is 6.26 Å². The Hall–Kier alpha value is -1.36. The van der Waals surface area contributed by atoms with Crippen LogP contribution in [0.2, 0.25) is 0 Å². The lowest BCUT2D eigenvalue weighted by molar-refractivity contribution is -0.141. The molecule has 0 radical (unpaired) electrons. The van der Waals surface area contributed by atoms with Crippen LogP contribution in [0.5, 0.6) is 0 Å².